The maximum atomic E-state index is 4.83. The molecule has 10 aromatic rings. The van der Waals surface area contributed by atoms with Crippen LogP contribution in [-0.4, -0.2) is 50.0 Å². The molecule has 0 radical (unpaired) electrons. The molecule has 12 heteroatoms. The predicted molar refractivity (Wildman–Crippen MR) is 387 cm³/mol. The van der Waals surface area contributed by atoms with Gasteiger partial charge in [0.15, 0.2) is 30.0 Å². The van der Waals surface area contributed by atoms with E-state index in [0.717, 1.165) is 52.4 Å². The first-order valence-corrected chi connectivity index (χ1v) is 33.9. The van der Waals surface area contributed by atoms with Crippen molar-refractivity contribution in [3.05, 3.63) is 274 Å². The largest absolute Gasteiger partial charge is 0.388 e. The summed E-state index contributed by atoms with van der Waals surface area (Å²) in [6.45, 7) is 38.3. The Hall–Kier alpha value is -9.68. The van der Waals surface area contributed by atoms with Gasteiger partial charge < -0.3 is 10.5 Å². The summed E-state index contributed by atoms with van der Waals surface area (Å²) in [5.41, 5.74) is 28.7. The summed E-state index contributed by atoms with van der Waals surface area (Å²) in [5.74, 6) is 3.10. The lowest BCUT2D eigenvalue weighted by molar-refractivity contribution is -0.847. The fourth-order valence-electron chi connectivity index (χ4n) is 12.4. The van der Waals surface area contributed by atoms with Crippen LogP contribution in [0.2, 0.25) is 0 Å². The highest BCUT2D eigenvalue weighted by Gasteiger charge is 2.29. The first-order valence-electron chi connectivity index (χ1n) is 33.9. The Morgan fingerprint density at radius 1 is 0.474 bits per heavy atom. The highest BCUT2D eigenvalue weighted by Crippen LogP contribution is 2.39. The molecule has 0 amide bonds. The van der Waals surface area contributed by atoms with Crippen LogP contribution in [0.25, 0.3) is 45.1 Å². The minimum atomic E-state index is 0.424. The highest BCUT2D eigenvalue weighted by molar-refractivity contribution is 6.01. The zero-order valence-electron chi connectivity index (χ0n) is 59.5. The van der Waals surface area contributed by atoms with E-state index in [1.165, 1.54) is 72.8 Å². The van der Waals surface area contributed by atoms with Crippen LogP contribution < -0.4 is 24.3 Å². The van der Waals surface area contributed by atoms with E-state index in [4.69, 9.17) is 16.0 Å². The minimum absolute atomic E-state index is 0.424. The third-order valence-electron chi connectivity index (χ3n) is 17.4. The molecule has 0 unspecified atom stereocenters. The summed E-state index contributed by atoms with van der Waals surface area (Å²) in [6.07, 6.45) is 11.3. The number of anilines is 1. The van der Waals surface area contributed by atoms with Gasteiger partial charge in [0, 0.05) is 11.3 Å². The second-order valence-corrected chi connectivity index (χ2v) is 26.8. The Bertz CT molecular complexity index is 4090. The van der Waals surface area contributed by atoms with E-state index < -0.39 is 0 Å². The van der Waals surface area contributed by atoms with Crippen LogP contribution in [0.3, 0.4) is 0 Å². The zero-order chi connectivity index (χ0) is 68.2. The van der Waals surface area contributed by atoms with Crippen LogP contribution >= 0.6 is 0 Å². The van der Waals surface area contributed by atoms with Gasteiger partial charge >= 0.3 is 0 Å². The van der Waals surface area contributed by atoms with Gasteiger partial charge in [0.1, 0.15) is 26.8 Å². The lowest BCUT2D eigenvalue weighted by Crippen LogP contribution is -2.47. The average Bonchev–Trinajstić information content (AvgIpc) is 1.76. The second kappa shape index (κ2) is 31.5. The monoisotopic (exact) mass is 1260 g/mol. The van der Waals surface area contributed by atoms with Crippen molar-refractivity contribution < 1.29 is 28.1 Å². The molecule has 2 aromatic heterocycles. The smallest absolute Gasteiger partial charge is 0.256 e. The number of aryl methyl sites for hydroxylation is 3. The summed E-state index contributed by atoms with van der Waals surface area (Å²) in [6, 6.07) is 67.5. The standard InChI is InChI=1S/C21H27N3.2C21H25N3.C20H22N3/c3*1-15(2)18-12-9-13-19(16(3)4)21(18)24-14-20(23(5)22-24)17-10-7-6-8-11-17;1-5-16-12-9-13-18(15(2)3)20(16)23-14-19(22(4)21-23)17-10-7-6-8-11-17/h6-13,15-16H,14H2,1-5H3;2*6-13,15-16H,1-5H3;6-13,15H,4-5H2,1-3H3/q;;;+1. The highest BCUT2D eigenvalue weighted by atomic mass is 15.7. The van der Waals surface area contributed by atoms with Crippen LogP contribution in [0, 0.1) is 18.6 Å². The summed E-state index contributed by atoms with van der Waals surface area (Å²) >= 11 is 0. The van der Waals surface area contributed by atoms with Gasteiger partial charge in [-0.15, -0.1) is 36.4 Å². The van der Waals surface area contributed by atoms with Crippen molar-refractivity contribution in [1.82, 2.24) is 15.1 Å². The average molecular weight is 1260 g/mol. The number of aromatic nitrogens is 6. The molecule has 95 heavy (non-hydrogen) atoms. The molecule has 2 aliphatic heterocycles. The fourth-order valence-corrected chi connectivity index (χ4v) is 12.4. The molecule has 2 aliphatic rings. The summed E-state index contributed by atoms with van der Waals surface area (Å²) in [7, 11) is 5.99. The SMILES string of the molecule is C=[N+]1N=[N+](c2c(CC)cccc2C(C)C)[C-]=C1c1ccccc1.CC(C)c1cccc(C(C)C)c1-[n+]1[c-]c(-c2ccccc2)[n+](C)[n-]1.CC(C)c1cccc(C(C)C)c1-[n+]1[c-]c(-c2ccccc2)n(C)n1.CC(C)c1cccc(C(C)C)c1N1CC(c2ccccc2)=[N+](C)[N-]1. The number of rotatable bonds is 16. The molecule has 0 bridgehead atoms. The topological polar surface area (TPSA) is 82.3 Å². The van der Waals surface area contributed by atoms with Crippen molar-refractivity contribution in [2.45, 2.75) is 152 Å². The Kier molecular flexibility index (Phi) is 23.1. The fraction of sp³-hybridized carbons (Fsp3) is 0.325. The van der Waals surface area contributed by atoms with Gasteiger partial charge in [-0.25, -0.2) is 9.36 Å². The zero-order valence-corrected chi connectivity index (χ0v) is 59.5. The summed E-state index contributed by atoms with van der Waals surface area (Å²) in [5, 5.41) is 16.2. The van der Waals surface area contributed by atoms with Crippen molar-refractivity contribution in [3.8, 4) is 33.9 Å². The van der Waals surface area contributed by atoms with E-state index in [9.17, 15) is 0 Å². The van der Waals surface area contributed by atoms with E-state index >= 15 is 0 Å². The predicted octanol–water partition coefficient (Wildman–Crippen LogP) is 17.9. The molecule has 0 saturated carbocycles. The molecule has 0 spiro atoms. The maximum Gasteiger partial charge on any atom is 0.256 e. The van der Waals surface area contributed by atoms with Crippen LogP contribution in [0.4, 0.5) is 11.4 Å². The molecule has 0 atom stereocenters. The first-order chi connectivity index (χ1) is 45.6. The molecule has 0 saturated heterocycles. The number of nitrogens with zero attached hydrogens (tertiary/aromatic N) is 12. The lowest BCUT2D eigenvalue weighted by Gasteiger charge is -2.33. The summed E-state index contributed by atoms with van der Waals surface area (Å²) < 4.78 is 13.2. The van der Waals surface area contributed by atoms with E-state index in [2.05, 4.69) is 279 Å². The third-order valence-corrected chi connectivity index (χ3v) is 17.4. The molecule has 0 aliphatic carbocycles. The van der Waals surface area contributed by atoms with Crippen LogP contribution in [-0.2, 0) is 20.5 Å². The van der Waals surface area contributed by atoms with Crippen molar-refractivity contribution in [2.75, 3.05) is 18.6 Å². The van der Waals surface area contributed by atoms with Gasteiger partial charge in [0.05, 0.1) is 29.3 Å². The molecule has 12 rings (SSSR count). The van der Waals surface area contributed by atoms with Gasteiger partial charge in [-0.2, -0.15) is 9.90 Å². The molecule has 0 N–H and O–H groups in total. The van der Waals surface area contributed by atoms with E-state index in [-0.39, 0.29) is 0 Å². The Morgan fingerprint density at radius 3 is 1.35 bits per heavy atom. The number of hydrogen-bond donors (Lipinski definition) is 0. The summed E-state index contributed by atoms with van der Waals surface area (Å²) in [4.78, 5) is 0. The van der Waals surface area contributed by atoms with Gasteiger partial charge in [0.25, 0.3) is 5.22 Å². The normalized spacial score (nSPS) is 12.9. The molecular formula is C83H99N12+. The lowest BCUT2D eigenvalue weighted by atomic mass is 9.92. The molecule has 12 nitrogen and oxygen atoms in total. The second-order valence-electron chi connectivity index (χ2n) is 26.8. The molecule has 8 aromatic carbocycles. The third kappa shape index (κ3) is 16.1. The van der Waals surface area contributed by atoms with Gasteiger partial charge in [-0.3, -0.25) is 9.37 Å². The molecular weight excluding hydrogens is 1160 g/mol. The quantitative estimate of drug-likeness (QED) is 0.0714. The van der Waals surface area contributed by atoms with E-state index in [0.29, 0.717) is 41.4 Å². The van der Waals surface area contributed by atoms with E-state index in [1.807, 2.05) is 104 Å². The molecule has 490 valence electrons. The Morgan fingerprint density at radius 2 is 0.884 bits per heavy atom. The molecule has 4 heterocycles. The van der Waals surface area contributed by atoms with Gasteiger partial charge in [-0.1, -0.05) is 271 Å². The van der Waals surface area contributed by atoms with Crippen molar-refractivity contribution >= 4 is 29.5 Å². The van der Waals surface area contributed by atoms with Crippen LogP contribution in [0.1, 0.15) is 201 Å². The first kappa shape index (κ1) is 69.7. The van der Waals surface area contributed by atoms with Crippen molar-refractivity contribution in [2.24, 2.45) is 19.3 Å². The number of para-hydroxylation sites is 4. The van der Waals surface area contributed by atoms with Gasteiger partial charge in [-0.05, 0) is 109 Å². The van der Waals surface area contributed by atoms with Crippen LogP contribution in [0.5, 0.6) is 0 Å². The number of benzene rings is 8. The van der Waals surface area contributed by atoms with Crippen molar-refractivity contribution in [1.29, 1.82) is 0 Å². The Labute approximate surface area is 567 Å². The van der Waals surface area contributed by atoms with Gasteiger partial charge in [0.2, 0.25) is 11.9 Å². The number of hydrogen-bond acceptors (Lipinski definition) is 3. The van der Waals surface area contributed by atoms with Crippen LogP contribution in [0.15, 0.2) is 199 Å². The Balaban J connectivity index is 0.000000149. The minimum Gasteiger partial charge on any atom is -0.388 e. The maximum absolute atomic E-state index is 4.83. The van der Waals surface area contributed by atoms with Crippen molar-refractivity contribution in [3.63, 3.8) is 0 Å². The van der Waals surface area contributed by atoms with E-state index in [1.54, 1.807) is 4.68 Å². The molecule has 0 fully saturated rings.